The molecule has 4 heteroatoms. The maximum absolute atomic E-state index is 10.6. The highest BCUT2D eigenvalue weighted by molar-refractivity contribution is 7.99. The van der Waals surface area contributed by atoms with Gasteiger partial charge in [-0.05, 0) is 18.6 Å². The van der Waals surface area contributed by atoms with Gasteiger partial charge in [-0.25, -0.2) is 9.78 Å². The monoisotopic (exact) mass is 211 g/mol. The zero-order chi connectivity index (χ0) is 10.6. The SMILES string of the molecule is CCC(C)Sc1ccnc(C(=O)O)c1. The summed E-state index contributed by atoms with van der Waals surface area (Å²) in [6, 6.07) is 3.45. The van der Waals surface area contributed by atoms with Gasteiger partial charge in [-0.3, -0.25) is 0 Å². The molecule has 0 aromatic carbocycles. The molecule has 14 heavy (non-hydrogen) atoms. The van der Waals surface area contributed by atoms with Gasteiger partial charge in [-0.1, -0.05) is 13.8 Å². The molecule has 1 N–H and O–H groups in total. The molecule has 0 radical (unpaired) electrons. The van der Waals surface area contributed by atoms with Gasteiger partial charge in [0.2, 0.25) is 0 Å². The van der Waals surface area contributed by atoms with Crippen molar-refractivity contribution in [2.45, 2.75) is 30.4 Å². The van der Waals surface area contributed by atoms with E-state index in [4.69, 9.17) is 5.11 Å². The average molecular weight is 211 g/mol. The van der Waals surface area contributed by atoms with Gasteiger partial charge in [-0.15, -0.1) is 11.8 Å². The van der Waals surface area contributed by atoms with Crippen LogP contribution >= 0.6 is 11.8 Å². The minimum atomic E-state index is -0.975. The molecule has 1 aromatic rings. The topological polar surface area (TPSA) is 50.2 Å². The van der Waals surface area contributed by atoms with E-state index in [2.05, 4.69) is 18.8 Å². The van der Waals surface area contributed by atoms with Crippen molar-refractivity contribution in [3.05, 3.63) is 24.0 Å². The first-order chi connectivity index (χ1) is 6.63. The van der Waals surface area contributed by atoms with Gasteiger partial charge in [0, 0.05) is 16.3 Å². The van der Waals surface area contributed by atoms with Gasteiger partial charge in [0.05, 0.1) is 0 Å². The normalized spacial score (nSPS) is 12.4. The lowest BCUT2D eigenvalue weighted by molar-refractivity contribution is 0.0690. The first kappa shape index (κ1) is 11.0. The minimum absolute atomic E-state index is 0.110. The summed E-state index contributed by atoms with van der Waals surface area (Å²) in [6.45, 7) is 4.22. The summed E-state index contributed by atoms with van der Waals surface area (Å²) < 4.78 is 0. The number of nitrogens with zero attached hydrogens (tertiary/aromatic N) is 1. The molecule has 1 aromatic heterocycles. The van der Waals surface area contributed by atoms with E-state index in [9.17, 15) is 4.79 Å². The van der Waals surface area contributed by atoms with Crippen molar-refractivity contribution in [2.75, 3.05) is 0 Å². The molecule has 0 aliphatic carbocycles. The zero-order valence-corrected chi connectivity index (χ0v) is 9.04. The van der Waals surface area contributed by atoms with Crippen molar-refractivity contribution in [1.29, 1.82) is 0 Å². The van der Waals surface area contributed by atoms with Crippen LogP contribution in [-0.2, 0) is 0 Å². The van der Waals surface area contributed by atoms with E-state index in [-0.39, 0.29) is 5.69 Å². The average Bonchev–Trinajstić information content (AvgIpc) is 2.18. The molecule has 1 unspecified atom stereocenters. The molecular formula is C10H13NO2S. The molecule has 0 fully saturated rings. The molecule has 1 atom stereocenters. The van der Waals surface area contributed by atoms with E-state index in [1.165, 1.54) is 6.20 Å². The molecule has 0 aliphatic heterocycles. The molecule has 0 spiro atoms. The van der Waals surface area contributed by atoms with Crippen LogP contribution in [0.25, 0.3) is 0 Å². The van der Waals surface area contributed by atoms with Crippen LogP contribution in [0.5, 0.6) is 0 Å². The number of carbonyl (C=O) groups is 1. The Kier molecular flexibility index (Phi) is 3.95. The third kappa shape index (κ3) is 3.03. The summed E-state index contributed by atoms with van der Waals surface area (Å²) in [4.78, 5) is 15.4. The standard InChI is InChI=1S/C10H13NO2S/c1-3-7(2)14-8-4-5-11-9(6-8)10(12)13/h4-7H,3H2,1-2H3,(H,12,13). The molecule has 0 saturated heterocycles. The molecular weight excluding hydrogens is 198 g/mol. The smallest absolute Gasteiger partial charge is 0.354 e. The lowest BCUT2D eigenvalue weighted by Crippen LogP contribution is -2.00. The summed E-state index contributed by atoms with van der Waals surface area (Å²) in [7, 11) is 0. The van der Waals surface area contributed by atoms with Crippen LogP contribution < -0.4 is 0 Å². The number of hydrogen-bond donors (Lipinski definition) is 1. The van der Waals surface area contributed by atoms with Crippen LogP contribution in [-0.4, -0.2) is 21.3 Å². The molecule has 76 valence electrons. The van der Waals surface area contributed by atoms with Crippen molar-refractivity contribution in [3.63, 3.8) is 0 Å². The van der Waals surface area contributed by atoms with Crippen molar-refractivity contribution in [2.24, 2.45) is 0 Å². The third-order valence-electron chi connectivity index (χ3n) is 1.86. The van der Waals surface area contributed by atoms with E-state index < -0.39 is 5.97 Å². The third-order valence-corrected chi connectivity index (χ3v) is 3.12. The fraction of sp³-hybridized carbons (Fsp3) is 0.400. The maximum Gasteiger partial charge on any atom is 0.354 e. The Hall–Kier alpha value is -1.03. The second kappa shape index (κ2) is 5.00. The number of aromatic carboxylic acids is 1. The Morgan fingerprint density at radius 1 is 1.71 bits per heavy atom. The van der Waals surface area contributed by atoms with Crippen LogP contribution in [0.15, 0.2) is 23.2 Å². The first-order valence-electron chi connectivity index (χ1n) is 4.49. The second-order valence-corrected chi connectivity index (χ2v) is 4.53. The van der Waals surface area contributed by atoms with Crippen LogP contribution in [0.4, 0.5) is 0 Å². The van der Waals surface area contributed by atoms with Gasteiger partial charge in [0.1, 0.15) is 5.69 Å². The summed E-state index contributed by atoms with van der Waals surface area (Å²) in [6.07, 6.45) is 2.60. The summed E-state index contributed by atoms with van der Waals surface area (Å²) in [5.74, 6) is -0.975. The molecule has 3 nitrogen and oxygen atoms in total. The lowest BCUT2D eigenvalue weighted by Gasteiger charge is -2.07. The molecule has 0 bridgehead atoms. The van der Waals surface area contributed by atoms with E-state index in [0.717, 1.165) is 11.3 Å². The molecule has 0 saturated carbocycles. The highest BCUT2D eigenvalue weighted by Gasteiger charge is 2.07. The van der Waals surface area contributed by atoms with Gasteiger partial charge in [0.15, 0.2) is 0 Å². The van der Waals surface area contributed by atoms with Crippen molar-refractivity contribution in [3.8, 4) is 0 Å². The van der Waals surface area contributed by atoms with Crippen LogP contribution in [0, 0.1) is 0 Å². The minimum Gasteiger partial charge on any atom is -0.477 e. The number of carboxylic acids is 1. The largest absolute Gasteiger partial charge is 0.477 e. The Morgan fingerprint density at radius 3 is 3.00 bits per heavy atom. The number of thioether (sulfide) groups is 1. The fourth-order valence-electron chi connectivity index (χ4n) is 0.917. The highest BCUT2D eigenvalue weighted by Crippen LogP contribution is 2.24. The second-order valence-electron chi connectivity index (χ2n) is 3.02. The predicted molar refractivity (Wildman–Crippen MR) is 56.8 cm³/mol. The number of hydrogen-bond acceptors (Lipinski definition) is 3. The van der Waals surface area contributed by atoms with Crippen molar-refractivity contribution in [1.82, 2.24) is 4.98 Å². The number of aromatic nitrogens is 1. The number of carboxylic acid groups (broad SMARTS) is 1. The summed E-state index contributed by atoms with van der Waals surface area (Å²) >= 11 is 1.67. The quantitative estimate of drug-likeness (QED) is 0.778. The maximum atomic E-state index is 10.6. The Labute approximate surface area is 87.6 Å². The Bertz CT molecular complexity index is 328. The first-order valence-corrected chi connectivity index (χ1v) is 5.37. The Balaban J connectivity index is 2.78. The van der Waals surface area contributed by atoms with E-state index >= 15 is 0 Å². The zero-order valence-electron chi connectivity index (χ0n) is 8.23. The van der Waals surface area contributed by atoms with Gasteiger partial charge >= 0.3 is 5.97 Å². The molecule has 1 rings (SSSR count). The number of pyridine rings is 1. The van der Waals surface area contributed by atoms with Crippen LogP contribution in [0.3, 0.4) is 0 Å². The fourth-order valence-corrected chi connectivity index (χ4v) is 1.87. The molecule has 0 aliphatic rings. The van der Waals surface area contributed by atoms with E-state index in [1.807, 2.05) is 6.07 Å². The van der Waals surface area contributed by atoms with Crippen molar-refractivity contribution < 1.29 is 9.90 Å². The summed E-state index contributed by atoms with van der Waals surface area (Å²) in [5.41, 5.74) is 0.110. The van der Waals surface area contributed by atoms with Crippen molar-refractivity contribution >= 4 is 17.7 Å². The van der Waals surface area contributed by atoms with Gasteiger partial charge < -0.3 is 5.11 Å². The molecule has 1 heterocycles. The van der Waals surface area contributed by atoms with E-state index in [1.54, 1.807) is 17.8 Å². The lowest BCUT2D eigenvalue weighted by atomic mass is 10.3. The summed E-state index contributed by atoms with van der Waals surface area (Å²) in [5, 5.41) is 9.23. The molecule has 0 amide bonds. The Morgan fingerprint density at radius 2 is 2.43 bits per heavy atom. The van der Waals surface area contributed by atoms with Gasteiger partial charge in [0.25, 0.3) is 0 Å². The highest BCUT2D eigenvalue weighted by atomic mass is 32.2. The van der Waals surface area contributed by atoms with E-state index in [0.29, 0.717) is 5.25 Å². The van der Waals surface area contributed by atoms with Crippen LogP contribution in [0.2, 0.25) is 0 Å². The number of rotatable bonds is 4. The van der Waals surface area contributed by atoms with Gasteiger partial charge in [-0.2, -0.15) is 0 Å². The van der Waals surface area contributed by atoms with Crippen LogP contribution in [0.1, 0.15) is 30.8 Å². The predicted octanol–water partition coefficient (Wildman–Crippen LogP) is 2.67.